The Bertz CT molecular complexity index is 352. The van der Waals surface area contributed by atoms with Crippen LogP contribution in [0.2, 0.25) is 0 Å². The molecule has 0 saturated carbocycles. The number of nitrogens with one attached hydrogen (secondary N) is 1. The Morgan fingerprint density at radius 2 is 2.33 bits per heavy atom. The fraction of sp³-hybridized carbons (Fsp3) is 0.769. The van der Waals surface area contributed by atoms with E-state index in [0.29, 0.717) is 19.1 Å². The zero-order valence-corrected chi connectivity index (χ0v) is 12.6. The second-order valence-electron chi connectivity index (χ2n) is 5.08. The molecule has 2 unspecified atom stereocenters. The molecule has 0 amide bonds. The Kier molecular flexibility index (Phi) is 6.18. The summed E-state index contributed by atoms with van der Waals surface area (Å²) in [6.07, 6.45) is 5.10. The summed E-state index contributed by atoms with van der Waals surface area (Å²) in [4.78, 5) is 0. The molecule has 0 aromatic carbocycles. The molecule has 0 aliphatic heterocycles. The Labute approximate surface area is 114 Å². The van der Waals surface area contributed by atoms with Crippen LogP contribution in [0.5, 0.6) is 0 Å². The second kappa shape index (κ2) is 7.16. The lowest BCUT2D eigenvalue weighted by Crippen LogP contribution is -2.39. The molecule has 2 N–H and O–H groups in total. The third kappa shape index (κ3) is 5.00. The van der Waals surface area contributed by atoms with Gasteiger partial charge in [0.1, 0.15) is 0 Å². The van der Waals surface area contributed by atoms with Gasteiger partial charge in [0.2, 0.25) is 0 Å². The molecule has 0 spiro atoms. The minimum atomic E-state index is -0.654. The summed E-state index contributed by atoms with van der Waals surface area (Å²) >= 11 is 1.66. The van der Waals surface area contributed by atoms with Crippen molar-refractivity contribution in [2.24, 2.45) is 0 Å². The highest BCUT2D eigenvalue weighted by Gasteiger charge is 2.18. The Morgan fingerprint density at radius 3 is 2.94 bits per heavy atom. The molecule has 0 bridgehead atoms. The van der Waals surface area contributed by atoms with E-state index in [9.17, 15) is 5.11 Å². The van der Waals surface area contributed by atoms with Crippen molar-refractivity contribution in [1.82, 2.24) is 15.1 Å². The van der Waals surface area contributed by atoms with E-state index in [1.54, 1.807) is 11.8 Å². The third-order valence-corrected chi connectivity index (χ3v) is 3.88. The number of thioether (sulfide) groups is 1. The molecule has 1 aromatic heterocycles. The van der Waals surface area contributed by atoms with E-state index < -0.39 is 5.60 Å². The van der Waals surface area contributed by atoms with Gasteiger partial charge in [-0.3, -0.25) is 4.68 Å². The summed E-state index contributed by atoms with van der Waals surface area (Å²) in [5.41, 5.74) is 0.369. The lowest BCUT2D eigenvalue weighted by atomic mass is 10.1. The van der Waals surface area contributed by atoms with Crippen molar-refractivity contribution in [3.8, 4) is 0 Å². The molecule has 0 saturated heterocycles. The minimum Gasteiger partial charge on any atom is -0.388 e. The average Bonchev–Trinajstić information content (AvgIpc) is 2.76. The Morgan fingerprint density at radius 1 is 1.61 bits per heavy atom. The zero-order chi connectivity index (χ0) is 13.6. The highest BCUT2D eigenvalue weighted by Crippen LogP contribution is 2.11. The molecule has 4 nitrogen and oxygen atoms in total. The molecule has 0 fully saturated rings. The quantitative estimate of drug-likeness (QED) is 0.760. The number of nitrogens with zero attached hydrogens (tertiary/aromatic N) is 2. The van der Waals surface area contributed by atoms with Gasteiger partial charge in [0.05, 0.1) is 11.3 Å². The third-order valence-electron chi connectivity index (χ3n) is 2.97. The van der Waals surface area contributed by atoms with Crippen molar-refractivity contribution in [2.45, 2.75) is 45.4 Å². The summed E-state index contributed by atoms with van der Waals surface area (Å²) in [6.45, 7) is 7.46. The molecule has 104 valence electrons. The monoisotopic (exact) mass is 271 g/mol. The SMILES string of the molecule is CCC(C)n1ccc(CNCC(C)(O)CSC)n1. The normalized spacial score (nSPS) is 16.5. The Hall–Kier alpha value is -0.520. The first-order valence-electron chi connectivity index (χ1n) is 6.44. The fourth-order valence-electron chi connectivity index (χ4n) is 1.73. The van der Waals surface area contributed by atoms with Gasteiger partial charge >= 0.3 is 0 Å². The smallest absolute Gasteiger partial charge is 0.0833 e. The first kappa shape index (κ1) is 15.5. The average molecular weight is 271 g/mol. The van der Waals surface area contributed by atoms with Crippen molar-refractivity contribution in [1.29, 1.82) is 0 Å². The molecule has 0 radical (unpaired) electrons. The van der Waals surface area contributed by atoms with Crippen LogP contribution < -0.4 is 5.32 Å². The van der Waals surface area contributed by atoms with Gasteiger partial charge in [-0.1, -0.05) is 6.92 Å². The van der Waals surface area contributed by atoms with E-state index in [-0.39, 0.29) is 0 Å². The fourth-order valence-corrected chi connectivity index (χ4v) is 2.45. The van der Waals surface area contributed by atoms with Crippen molar-refractivity contribution in [2.75, 3.05) is 18.6 Å². The van der Waals surface area contributed by atoms with Gasteiger partial charge in [-0.05, 0) is 32.6 Å². The predicted molar refractivity (Wildman–Crippen MR) is 77.9 cm³/mol. The van der Waals surface area contributed by atoms with Gasteiger partial charge in [0.25, 0.3) is 0 Å². The standard InChI is InChI=1S/C13H25N3OS/c1-5-11(2)16-7-6-12(15-16)8-14-9-13(3,17)10-18-4/h6-7,11,14,17H,5,8-10H2,1-4H3. The first-order chi connectivity index (χ1) is 8.48. The zero-order valence-electron chi connectivity index (χ0n) is 11.8. The molecular formula is C13H25N3OS. The summed E-state index contributed by atoms with van der Waals surface area (Å²) in [7, 11) is 0. The summed E-state index contributed by atoms with van der Waals surface area (Å²) in [5.74, 6) is 0.737. The maximum Gasteiger partial charge on any atom is 0.0833 e. The summed E-state index contributed by atoms with van der Waals surface area (Å²) < 4.78 is 2.00. The van der Waals surface area contributed by atoms with Crippen LogP contribution in [0.4, 0.5) is 0 Å². The van der Waals surface area contributed by atoms with Crippen LogP contribution in [0.3, 0.4) is 0 Å². The number of hydrogen-bond acceptors (Lipinski definition) is 4. The Balaban J connectivity index is 2.38. The second-order valence-corrected chi connectivity index (χ2v) is 5.94. The minimum absolute atomic E-state index is 0.443. The van der Waals surface area contributed by atoms with Gasteiger partial charge in [-0.2, -0.15) is 16.9 Å². The molecule has 1 aromatic rings. The van der Waals surface area contributed by atoms with E-state index in [1.807, 2.05) is 30.1 Å². The van der Waals surface area contributed by atoms with Crippen LogP contribution >= 0.6 is 11.8 Å². The van der Waals surface area contributed by atoms with Crippen LogP contribution in [0, 0.1) is 0 Å². The van der Waals surface area contributed by atoms with Gasteiger partial charge in [-0.15, -0.1) is 0 Å². The molecular weight excluding hydrogens is 246 g/mol. The van der Waals surface area contributed by atoms with E-state index >= 15 is 0 Å². The topological polar surface area (TPSA) is 50.1 Å². The van der Waals surface area contributed by atoms with Crippen LogP contribution in [0.1, 0.15) is 38.9 Å². The van der Waals surface area contributed by atoms with Crippen molar-refractivity contribution in [3.63, 3.8) is 0 Å². The van der Waals surface area contributed by atoms with Crippen LogP contribution in [0.15, 0.2) is 12.3 Å². The molecule has 2 atom stereocenters. The summed E-state index contributed by atoms with van der Waals surface area (Å²) in [5, 5.41) is 17.8. The number of aromatic nitrogens is 2. The first-order valence-corrected chi connectivity index (χ1v) is 7.84. The van der Waals surface area contributed by atoms with Crippen LogP contribution in [-0.4, -0.2) is 39.0 Å². The van der Waals surface area contributed by atoms with E-state index in [4.69, 9.17) is 0 Å². The van der Waals surface area contributed by atoms with Gasteiger partial charge in [0.15, 0.2) is 0 Å². The number of rotatable bonds is 8. The molecule has 5 heteroatoms. The van der Waals surface area contributed by atoms with Crippen molar-refractivity contribution >= 4 is 11.8 Å². The van der Waals surface area contributed by atoms with Crippen LogP contribution in [0.25, 0.3) is 0 Å². The van der Waals surface area contributed by atoms with E-state index in [1.165, 1.54) is 0 Å². The van der Waals surface area contributed by atoms with Crippen molar-refractivity contribution < 1.29 is 5.11 Å². The summed E-state index contributed by atoms with van der Waals surface area (Å²) in [6, 6.07) is 2.47. The molecule has 0 aliphatic carbocycles. The molecule has 18 heavy (non-hydrogen) atoms. The van der Waals surface area contributed by atoms with Gasteiger partial charge in [-0.25, -0.2) is 0 Å². The maximum atomic E-state index is 10.0. The van der Waals surface area contributed by atoms with Crippen LogP contribution in [-0.2, 0) is 6.54 Å². The lowest BCUT2D eigenvalue weighted by molar-refractivity contribution is 0.0845. The number of hydrogen-bond donors (Lipinski definition) is 2. The van der Waals surface area contributed by atoms with Gasteiger partial charge in [0, 0.05) is 31.1 Å². The van der Waals surface area contributed by atoms with Gasteiger partial charge < -0.3 is 10.4 Å². The number of aliphatic hydroxyl groups is 1. The lowest BCUT2D eigenvalue weighted by Gasteiger charge is -2.22. The maximum absolute atomic E-state index is 10.0. The molecule has 0 aliphatic rings. The van der Waals surface area contributed by atoms with E-state index in [0.717, 1.165) is 17.9 Å². The molecule has 1 rings (SSSR count). The predicted octanol–water partition coefficient (Wildman–Crippen LogP) is 2.06. The highest BCUT2D eigenvalue weighted by atomic mass is 32.2. The largest absolute Gasteiger partial charge is 0.388 e. The highest BCUT2D eigenvalue weighted by molar-refractivity contribution is 7.98. The van der Waals surface area contributed by atoms with E-state index in [2.05, 4.69) is 24.3 Å². The molecule has 1 heterocycles. The van der Waals surface area contributed by atoms with Crippen molar-refractivity contribution in [3.05, 3.63) is 18.0 Å².